The molecular formula is C9H18N4O. The van der Waals surface area contributed by atoms with Gasteiger partial charge in [-0.3, -0.25) is 0 Å². The van der Waals surface area contributed by atoms with Crippen molar-refractivity contribution in [1.82, 2.24) is 15.5 Å². The number of carbonyl (C=O) groups is 1. The summed E-state index contributed by atoms with van der Waals surface area (Å²) in [6, 6.07) is 0.0136. The van der Waals surface area contributed by atoms with Crippen LogP contribution >= 0.6 is 0 Å². The SMILES string of the molecule is NC(=O)N1CCNCC1[C@H]1CCNC1. The molecule has 0 aliphatic carbocycles. The van der Waals surface area contributed by atoms with E-state index in [1.165, 1.54) is 0 Å². The van der Waals surface area contributed by atoms with Crippen LogP contribution in [-0.2, 0) is 0 Å². The zero-order chi connectivity index (χ0) is 9.97. The Morgan fingerprint density at radius 2 is 2.07 bits per heavy atom. The number of rotatable bonds is 1. The largest absolute Gasteiger partial charge is 0.351 e. The van der Waals surface area contributed by atoms with Crippen LogP contribution in [0.5, 0.6) is 0 Å². The molecule has 5 nitrogen and oxygen atoms in total. The van der Waals surface area contributed by atoms with Gasteiger partial charge in [0, 0.05) is 32.2 Å². The van der Waals surface area contributed by atoms with Crippen molar-refractivity contribution in [1.29, 1.82) is 0 Å². The summed E-state index contributed by atoms with van der Waals surface area (Å²) < 4.78 is 0. The minimum Gasteiger partial charge on any atom is -0.351 e. The quantitative estimate of drug-likeness (QED) is 0.503. The summed E-state index contributed by atoms with van der Waals surface area (Å²) >= 11 is 0. The van der Waals surface area contributed by atoms with Crippen LogP contribution in [0.25, 0.3) is 0 Å². The van der Waals surface area contributed by atoms with Crippen molar-refractivity contribution in [2.75, 3.05) is 32.7 Å². The molecular weight excluding hydrogens is 180 g/mol. The molecule has 2 aliphatic heterocycles. The molecule has 2 atom stereocenters. The minimum absolute atomic E-state index is 0.275. The molecule has 2 amide bonds. The monoisotopic (exact) mass is 198 g/mol. The van der Waals surface area contributed by atoms with Gasteiger partial charge in [-0.1, -0.05) is 0 Å². The second-order valence-corrected chi connectivity index (χ2v) is 4.06. The summed E-state index contributed by atoms with van der Waals surface area (Å²) in [6.07, 6.45) is 1.15. The van der Waals surface area contributed by atoms with E-state index in [1.807, 2.05) is 4.90 Å². The van der Waals surface area contributed by atoms with Crippen molar-refractivity contribution in [2.24, 2.45) is 11.7 Å². The molecule has 0 aromatic heterocycles. The van der Waals surface area contributed by atoms with Crippen LogP contribution < -0.4 is 16.4 Å². The normalized spacial score (nSPS) is 33.3. The Balaban J connectivity index is 2.01. The summed E-state index contributed by atoms with van der Waals surface area (Å²) in [6.45, 7) is 4.56. The second-order valence-electron chi connectivity index (χ2n) is 4.06. The molecule has 0 saturated carbocycles. The summed E-state index contributed by atoms with van der Waals surface area (Å²) in [7, 11) is 0. The van der Waals surface area contributed by atoms with Gasteiger partial charge in [0.2, 0.25) is 0 Å². The van der Waals surface area contributed by atoms with Crippen molar-refractivity contribution in [2.45, 2.75) is 12.5 Å². The molecule has 0 bridgehead atoms. The first-order valence-electron chi connectivity index (χ1n) is 5.26. The summed E-state index contributed by atoms with van der Waals surface area (Å²) in [5.74, 6) is 0.565. The lowest BCUT2D eigenvalue weighted by Gasteiger charge is -2.38. The highest BCUT2D eigenvalue weighted by Gasteiger charge is 2.33. The number of nitrogens with zero attached hydrogens (tertiary/aromatic N) is 1. The molecule has 80 valence electrons. The van der Waals surface area contributed by atoms with E-state index in [4.69, 9.17) is 5.73 Å². The second kappa shape index (κ2) is 4.14. The fraction of sp³-hybridized carbons (Fsp3) is 0.889. The topological polar surface area (TPSA) is 70.4 Å². The highest BCUT2D eigenvalue weighted by atomic mass is 16.2. The molecule has 2 aliphatic rings. The summed E-state index contributed by atoms with van der Waals surface area (Å²) in [4.78, 5) is 13.0. The minimum atomic E-state index is -0.275. The Morgan fingerprint density at radius 1 is 1.29 bits per heavy atom. The van der Waals surface area contributed by atoms with Crippen LogP contribution in [0, 0.1) is 5.92 Å². The number of carbonyl (C=O) groups excluding carboxylic acids is 1. The van der Waals surface area contributed by atoms with Crippen molar-refractivity contribution >= 4 is 6.03 Å². The summed E-state index contributed by atoms with van der Waals surface area (Å²) in [5, 5.41) is 6.64. The van der Waals surface area contributed by atoms with E-state index in [0.29, 0.717) is 5.92 Å². The maximum absolute atomic E-state index is 11.2. The van der Waals surface area contributed by atoms with Crippen molar-refractivity contribution in [3.63, 3.8) is 0 Å². The summed E-state index contributed by atoms with van der Waals surface area (Å²) in [5.41, 5.74) is 5.36. The smallest absolute Gasteiger partial charge is 0.315 e. The van der Waals surface area contributed by atoms with Crippen LogP contribution in [-0.4, -0.2) is 49.7 Å². The number of amides is 2. The van der Waals surface area contributed by atoms with Gasteiger partial charge in [0.05, 0.1) is 0 Å². The standard InChI is InChI=1S/C9H18N4O/c10-9(14)13-4-3-12-6-8(13)7-1-2-11-5-7/h7-8,11-12H,1-6H2,(H2,10,14)/t7-,8?/m0/s1. The van der Waals surface area contributed by atoms with Crippen LogP contribution in [0.2, 0.25) is 0 Å². The maximum atomic E-state index is 11.2. The van der Waals surface area contributed by atoms with Gasteiger partial charge >= 0.3 is 6.03 Å². The van der Waals surface area contributed by atoms with E-state index >= 15 is 0 Å². The lowest BCUT2D eigenvalue weighted by molar-refractivity contribution is 0.139. The maximum Gasteiger partial charge on any atom is 0.315 e. The zero-order valence-corrected chi connectivity index (χ0v) is 8.33. The highest BCUT2D eigenvalue weighted by Crippen LogP contribution is 2.19. The van der Waals surface area contributed by atoms with Gasteiger partial charge in [0.1, 0.15) is 0 Å². The molecule has 0 aromatic carbocycles. The van der Waals surface area contributed by atoms with E-state index in [9.17, 15) is 4.79 Å². The molecule has 0 spiro atoms. The molecule has 1 unspecified atom stereocenters. The predicted molar refractivity (Wildman–Crippen MR) is 53.9 cm³/mol. The van der Waals surface area contributed by atoms with E-state index in [2.05, 4.69) is 10.6 Å². The highest BCUT2D eigenvalue weighted by molar-refractivity contribution is 5.72. The van der Waals surface area contributed by atoms with E-state index in [1.54, 1.807) is 0 Å². The Morgan fingerprint density at radius 3 is 2.71 bits per heavy atom. The Labute approximate surface area is 84.0 Å². The van der Waals surface area contributed by atoms with Gasteiger partial charge in [-0.2, -0.15) is 0 Å². The molecule has 2 saturated heterocycles. The Kier molecular flexibility index (Phi) is 2.88. The average Bonchev–Trinajstić information content (AvgIpc) is 2.70. The Hall–Kier alpha value is -0.810. The molecule has 2 fully saturated rings. The van der Waals surface area contributed by atoms with E-state index in [0.717, 1.165) is 39.1 Å². The fourth-order valence-electron chi connectivity index (χ4n) is 2.43. The first-order chi connectivity index (χ1) is 6.79. The van der Waals surface area contributed by atoms with Crippen LogP contribution in [0.3, 0.4) is 0 Å². The fourth-order valence-corrected chi connectivity index (χ4v) is 2.43. The molecule has 4 N–H and O–H groups in total. The number of hydrogen-bond donors (Lipinski definition) is 3. The number of nitrogens with one attached hydrogen (secondary N) is 2. The van der Waals surface area contributed by atoms with Gasteiger partial charge in [0.25, 0.3) is 0 Å². The number of piperazine rings is 1. The van der Waals surface area contributed by atoms with Crippen LogP contribution in [0.15, 0.2) is 0 Å². The van der Waals surface area contributed by atoms with Crippen molar-refractivity contribution in [3.8, 4) is 0 Å². The van der Waals surface area contributed by atoms with Crippen molar-refractivity contribution in [3.05, 3.63) is 0 Å². The van der Waals surface area contributed by atoms with Crippen LogP contribution in [0.1, 0.15) is 6.42 Å². The van der Waals surface area contributed by atoms with Gasteiger partial charge in [-0.15, -0.1) is 0 Å². The lowest BCUT2D eigenvalue weighted by Crippen LogP contribution is -2.58. The number of primary amides is 1. The number of urea groups is 1. The third kappa shape index (κ3) is 1.83. The predicted octanol–water partition coefficient (Wildman–Crippen LogP) is -1.05. The van der Waals surface area contributed by atoms with Gasteiger partial charge < -0.3 is 21.3 Å². The van der Waals surface area contributed by atoms with E-state index in [-0.39, 0.29) is 12.1 Å². The third-order valence-electron chi connectivity index (χ3n) is 3.21. The zero-order valence-electron chi connectivity index (χ0n) is 8.33. The van der Waals surface area contributed by atoms with Gasteiger partial charge in [0.15, 0.2) is 0 Å². The third-order valence-corrected chi connectivity index (χ3v) is 3.21. The van der Waals surface area contributed by atoms with Crippen molar-refractivity contribution < 1.29 is 4.79 Å². The molecule has 14 heavy (non-hydrogen) atoms. The number of hydrogen-bond acceptors (Lipinski definition) is 3. The van der Waals surface area contributed by atoms with Gasteiger partial charge in [-0.05, 0) is 18.9 Å². The molecule has 2 rings (SSSR count). The average molecular weight is 198 g/mol. The first kappa shape index (κ1) is 9.73. The molecule has 2 heterocycles. The lowest BCUT2D eigenvalue weighted by atomic mass is 9.96. The van der Waals surface area contributed by atoms with E-state index < -0.39 is 0 Å². The first-order valence-corrected chi connectivity index (χ1v) is 5.26. The Bertz CT molecular complexity index is 215. The van der Waals surface area contributed by atoms with Gasteiger partial charge in [-0.25, -0.2) is 4.79 Å². The number of nitrogens with two attached hydrogens (primary N) is 1. The van der Waals surface area contributed by atoms with Crippen LogP contribution in [0.4, 0.5) is 4.79 Å². The molecule has 0 radical (unpaired) electrons. The molecule has 5 heteroatoms. The molecule has 0 aromatic rings.